The van der Waals surface area contributed by atoms with Crippen molar-refractivity contribution in [2.45, 2.75) is 18.4 Å². The van der Waals surface area contributed by atoms with Crippen molar-refractivity contribution in [2.75, 3.05) is 11.9 Å². The van der Waals surface area contributed by atoms with Crippen molar-refractivity contribution in [3.05, 3.63) is 87.9 Å². The summed E-state index contributed by atoms with van der Waals surface area (Å²) in [5.41, 5.74) is 1.81. The molecule has 3 aromatic rings. The second kappa shape index (κ2) is 10.2. The summed E-state index contributed by atoms with van der Waals surface area (Å²) in [6, 6.07) is 18.4. The Bertz CT molecular complexity index is 1190. The summed E-state index contributed by atoms with van der Waals surface area (Å²) in [5, 5.41) is 3.41. The van der Waals surface area contributed by atoms with Crippen LogP contribution in [0.15, 0.2) is 71.6 Å². The van der Waals surface area contributed by atoms with E-state index < -0.39 is 15.9 Å². The maximum absolute atomic E-state index is 12.6. The van der Waals surface area contributed by atoms with Gasteiger partial charge in [0, 0.05) is 11.6 Å². The van der Waals surface area contributed by atoms with E-state index in [0.717, 1.165) is 5.56 Å². The molecule has 0 spiro atoms. The Morgan fingerprint density at radius 3 is 2.45 bits per heavy atom. The molecule has 3 aromatic carbocycles. The van der Waals surface area contributed by atoms with Gasteiger partial charge in [0.05, 0.1) is 15.6 Å². The molecule has 0 atom stereocenters. The predicted octanol–water partition coefficient (Wildman–Crippen LogP) is 4.80. The predicted molar refractivity (Wildman–Crippen MR) is 122 cm³/mol. The molecule has 0 saturated carbocycles. The Labute approximate surface area is 191 Å². The van der Waals surface area contributed by atoms with Gasteiger partial charge in [0.2, 0.25) is 10.0 Å². The Balaban J connectivity index is 1.61. The average molecular weight is 479 g/mol. The topological polar surface area (TPSA) is 84.5 Å². The molecule has 1 amide bonds. The fourth-order valence-electron chi connectivity index (χ4n) is 2.73. The van der Waals surface area contributed by atoms with Gasteiger partial charge in [-0.25, -0.2) is 13.1 Å². The van der Waals surface area contributed by atoms with Crippen molar-refractivity contribution >= 4 is 44.8 Å². The lowest BCUT2D eigenvalue weighted by Crippen LogP contribution is -2.23. The first-order valence-corrected chi connectivity index (χ1v) is 11.5. The van der Waals surface area contributed by atoms with Crippen LogP contribution in [0, 0.1) is 6.92 Å². The summed E-state index contributed by atoms with van der Waals surface area (Å²) in [5.74, 6) is -0.0286. The van der Waals surface area contributed by atoms with E-state index in [4.69, 9.17) is 27.9 Å². The molecule has 9 heteroatoms. The number of hydrogen-bond acceptors (Lipinski definition) is 4. The summed E-state index contributed by atoms with van der Waals surface area (Å²) in [6.07, 6.45) is 0. The van der Waals surface area contributed by atoms with E-state index in [-0.39, 0.29) is 18.0 Å². The molecule has 0 aromatic heterocycles. The monoisotopic (exact) mass is 478 g/mol. The van der Waals surface area contributed by atoms with Crippen LogP contribution in [0.25, 0.3) is 0 Å². The number of halogens is 2. The van der Waals surface area contributed by atoms with Gasteiger partial charge in [0.15, 0.2) is 6.61 Å². The number of carbonyl (C=O) groups excluding carboxylic acids is 1. The van der Waals surface area contributed by atoms with Crippen molar-refractivity contribution in [2.24, 2.45) is 0 Å². The number of ether oxygens (including phenoxy) is 1. The number of hydrogen-bond donors (Lipinski definition) is 2. The summed E-state index contributed by atoms with van der Waals surface area (Å²) in [6.45, 7) is 1.62. The zero-order valence-electron chi connectivity index (χ0n) is 16.6. The minimum atomic E-state index is -3.69. The molecule has 0 bridgehead atoms. The van der Waals surface area contributed by atoms with Crippen LogP contribution in [-0.4, -0.2) is 20.9 Å². The second-order valence-corrected chi connectivity index (χ2v) is 9.31. The maximum atomic E-state index is 12.6. The smallest absolute Gasteiger partial charge is 0.262 e. The second-order valence-electron chi connectivity index (χ2n) is 6.70. The van der Waals surface area contributed by atoms with Gasteiger partial charge >= 0.3 is 0 Å². The molecule has 0 heterocycles. The summed E-state index contributed by atoms with van der Waals surface area (Å²) in [7, 11) is -3.69. The van der Waals surface area contributed by atoms with Crippen molar-refractivity contribution in [3.63, 3.8) is 0 Å². The van der Waals surface area contributed by atoms with Crippen LogP contribution < -0.4 is 14.8 Å². The third-order valence-corrected chi connectivity index (χ3v) is 6.29. The fraction of sp³-hybridized carbons (Fsp3) is 0.136. The summed E-state index contributed by atoms with van der Waals surface area (Å²) < 4.78 is 33.2. The Hall–Kier alpha value is -2.58. The lowest BCUT2D eigenvalue weighted by molar-refractivity contribution is -0.118. The molecule has 0 fully saturated rings. The number of nitrogens with one attached hydrogen (secondary N) is 2. The molecular weight excluding hydrogens is 459 g/mol. The normalized spacial score (nSPS) is 11.2. The highest BCUT2D eigenvalue weighted by Gasteiger charge is 2.16. The summed E-state index contributed by atoms with van der Waals surface area (Å²) >= 11 is 11.9. The van der Waals surface area contributed by atoms with Gasteiger partial charge in [-0.15, -0.1) is 0 Å². The van der Waals surface area contributed by atoms with Gasteiger partial charge in [0.1, 0.15) is 5.75 Å². The lowest BCUT2D eigenvalue weighted by atomic mass is 10.2. The van der Waals surface area contributed by atoms with E-state index >= 15 is 0 Å². The molecule has 6 nitrogen and oxygen atoms in total. The zero-order chi connectivity index (χ0) is 22.4. The highest BCUT2D eigenvalue weighted by atomic mass is 35.5. The van der Waals surface area contributed by atoms with Crippen molar-refractivity contribution in [1.29, 1.82) is 0 Å². The van der Waals surface area contributed by atoms with E-state index in [0.29, 0.717) is 27.0 Å². The van der Waals surface area contributed by atoms with Crippen LogP contribution in [0.1, 0.15) is 11.1 Å². The standard InChI is InChI=1S/C22H20Cl2N2O4S/c1-15-11-18(31(28,29)25-13-16-5-3-2-4-6-16)8-10-21(15)30-14-22(27)26-20-12-17(23)7-9-19(20)24/h2-12,25H,13-14H2,1H3,(H,26,27). The third-order valence-electron chi connectivity index (χ3n) is 4.33. The van der Waals surface area contributed by atoms with E-state index in [1.807, 2.05) is 30.3 Å². The van der Waals surface area contributed by atoms with E-state index in [1.165, 1.54) is 24.3 Å². The molecule has 162 valence electrons. The Kier molecular flexibility index (Phi) is 7.56. The maximum Gasteiger partial charge on any atom is 0.262 e. The average Bonchev–Trinajstić information content (AvgIpc) is 2.75. The number of rotatable bonds is 8. The molecule has 0 saturated heterocycles. The molecule has 2 N–H and O–H groups in total. The number of amides is 1. The van der Waals surface area contributed by atoms with E-state index in [9.17, 15) is 13.2 Å². The van der Waals surface area contributed by atoms with E-state index in [1.54, 1.807) is 19.1 Å². The number of benzene rings is 3. The van der Waals surface area contributed by atoms with Crippen LogP contribution in [0.4, 0.5) is 5.69 Å². The van der Waals surface area contributed by atoms with Gasteiger partial charge in [-0.1, -0.05) is 53.5 Å². The molecule has 0 unspecified atom stereocenters. The summed E-state index contributed by atoms with van der Waals surface area (Å²) in [4.78, 5) is 12.3. The SMILES string of the molecule is Cc1cc(S(=O)(=O)NCc2ccccc2)ccc1OCC(=O)Nc1cc(Cl)ccc1Cl. The van der Waals surface area contributed by atoms with Gasteiger partial charge in [-0.05, 0) is 54.4 Å². The highest BCUT2D eigenvalue weighted by molar-refractivity contribution is 7.89. The van der Waals surface area contributed by atoms with Gasteiger partial charge in [-0.3, -0.25) is 4.79 Å². The molecular formula is C22H20Cl2N2O4S. The first-order valence-electron chi connectivity index (χ1n) is 9.26. The fourth-order valence-corrected chi connectivity index (χ4v) is 4.17. The van der Waals surface area contributed by atoms with Crippen molar-refractivity contribution in [1.82, 2.24) is 4.72 Å². The van der Waals surface area contributed by atoms with E-state index in [2.05, 4.69) is 10.0 Å². The number of sulfonamides is 1. The largest absolute Gasteiger partial charge is 0.483 e. The Morgan fingerprint density at radius 1 is 1.00 bits per heavy atom. The quantitative estimate of drug-likeness (QED) is 0.486. The highest BCUT2D eigenvalue weighted by Crippen LogP contribution is 2.26. The van der Waals surface area contributed by atoms with Crippen LogP contribution in [0.3, 0.4) is 0 Å². The van der Waals surface area contributed by atoms with Gasteiger partial charge in [0.25, 0.3) is 5.91 Å². The van der Waals surface area contributed by atoms with Gasteiger partial charge < -0.3 is 10.1 Å². The van der Waals surface area contributed by atoms with Crippen molar-refractivity contribution < 1.29 is 17.9 Å². The van der Waals surface area contributed by atoms with Crippen LogP contribution in [0.5, 0.6) is 5.75 Å². The van der Waals surface area contributed by atoms with Crippen molar-refractivity contribution in [3.8, 4) is 5.75 Å². The molecule has 0 aliphatic heterocycles. The zero-order valence-corrected chi connectivity index (χ0v) is 18.9. The molecule has 0 radical (unpaired) electrons. The molecule has 3 rings (SSSR count). The van der Waals surface area contributed by atoms with Crippen LogP contribution >= 0.6 is 23.2 Å². The minimum absolute atomic E-state index is 0.114. The first-order chi connectivity index (χ1) is 14.7. The van der Waals surface area contributed by atoms with Crippen LogP contribution in [-0.2, 0) is 21.4 Å². The van der Waals surface area contributed by atoms with Gasteiger partial charge in [-0.2, -0.15) is 0 Å². The Morgan fingerprint density at radius 2 is 1.74 bits per heavy atom. The number of aryl methyl sites for hydroxylation is 1. The first kappa shape index (κ1) is 23.1. The van der Waals surface area contributed by atoms with Crippen LogP contribution in [0.2, 0.25) is 10.0 Å². The minimum Gasteiger partial charge on any atom is -0.483 e. The third kappa shape index (κ3) is 6.45. The molecule has 0 aliphatic carbocycles. The number of anilines is 1. The molecule has 31 heavy (non-hydrogen) atoms. The molecule has 0 aliphatic rings. The number of carbonyl (C=O) groups is 1. The lowest BCUT2D eigenvalue weighted by Gasteiger charge is -2.12.